The lowest BCUT2D eigenvalue weighted by Crippen LogP contribution is -2.30. The molecule has 0 unspecified atom stereocenters. The molecule has 32 heavy (non-hydrogen) atoms. The van der Waals surface area contributed by atoms with E-state index in [1.807, 2.05) is 17.0 Å². The van der Waals surface area contributed by atoms with Crippen molar-refractivity contribution < 1.29 is 17.6 Å². The van der Waals surface area contributed by atoms with E-state index in [0.29, 0.717) is 31.0 Å². The van der Waals surface area contributed by atoms with Crippen LogP contribution in [0.2, 0.25) is 0 Å². The number of aromatic nitrogens is 1. The molecular weight excluding hydrogens is 429 g/mol. The van der Waals surface area contributed by atoms with Crippen molar-refractivity contribution in [3.8, 4) is 0 Å². The van der Waals surface area contributed by atoms with E-state index in [0.717, 1.165) is 18.4 Å². The normalized spacial score (nSPS) is 14.4. The topological polar surface area (TPSA) is 70.6 Å². The second kappa shape index (κ2) is 9.58. The summed E-state index contributed by atoms with van der Waals surface area (Å²) in [6.45, 7) is 1.49. The van der Waals surface area contributed by atoms with Crippen LogP contribution in [0.5, 0.6) is 0 Å². The van der Waals surface area contributed by atoms with E-state index in [4.69, 9.17) is 0 Å². The molecule has 0 bridgehead atoms. The minimum absolute atomic E-state index is 0.0482. The Hall–Kier alpha value is -3.10. The van der Waals surface area contributed by atoms with Gasteiger partial charge in [0.15, 0.2) is 5.78 Å². The van der Waals surface area contributed by atoms with Gasteiger partial charge < -0.3 is 4.90 Å². The molecule has 0 aliphatic carbocycles. The molecule has 1 aliphatic rings. The van der Waals surface area contributed by atoms with Gasteiger partial charge in [0.25, 0.3) is 0 Å². The van der Waals surface area contributed by atoms with Gasteiger partial charge in [-0.05, 0) is 66.9 Å². The molecule has 1 aliphatic heterocycles. The largest absolute Gasteiger partial charge is 0.345 e. The number of nitrogens with zero attached hydrogens (tertiary/aromatic N) is 3. The fourth-order valence-corrected chi connectivity index (χ4v) is 5.24. The van der Waals surface area contributed by atoms with Gasteiger partial charge in [0.05, 0.1) is 11.4 Å². The highest BCUT2D eigenvalue weighted by molar-refractivity contribution is 7.89. The second-order valence-electron chi connectivity index (χ2n) is 7.73. The molecule has 1 saturated heterocycles. The molecule has 6 nitrogen and oxygen atoms in total. The first kappa shape index (κ1) is 22.1. The summed E-state index contributed by atoms with van der Waals surface area (Å²) >= 11 is 0. The Kier molecular flexibility index (Phi) is 6.62. The van der Waals surface area contributed by atoms with Crippen molar-refractivity contribution in [2.45, 2.75) is 24.3 Å². The van der Waals surface area contributed by atoms with Crippen molar-refractivity contribution in [3.05, 3.63) is 89.9 Å². The van der Waals surface area contributed by atoms with Crippen molar-refractivity contribution in [1.29, 1.82) is 0 Å². The summed E-state index contributed by atoms with van der Waals surface area (Å²) in [5, 5.41) is 0. The summed E-state index contributed by atoms with van der Waals surface area (Å²) in [6.07, 6.45) is 3.38. The molecule has 0 amide bonds. The number of hydrogen-bond donors (Lipinski definition) is 0. The number of halogens is 1. The number of sulfonamides is 1. The van der Waals surface area contributed by atoms with Gasteiger partial charge in [-0.3, -0.25) is 4.79 Å². The summed E-state index contributed by atoms with van der Waals surface area (Å²) in [5.74, 6) is 0.138. The molecule has 0 saturated carbocycles. The zero-order valence-corrected chi connectivity index (χ0v) is 18.3. The number of rotatable bonds is 8. The average Bonchev–Trinajstić information content (AvgIpc) is 3.37. The van der Waals surface area contributed by atoms with E-state index in [2.05, 4.69) is 4.98 Å². The Morgan fingerprint density at radius 2 is 1.66 bits per heavy atom. The molecule has 0 spiro atoms. The van der Waals surface area contributed by atoms with E-state index in [1.165, 1.54) is 28.6 Å². The SMILES string of the molecule is O=C(CN(Cc1ccc(F)cc1)c1ccccn1)c1ccc(S(=O)(=O)N2CCCC2)cc1. The monoisotopic (exact) mass is 453 g/mol. The fourth-order valence-electron chi connectivity index (χ4n) is 3.72. The molecule has 0 radical (unpaired) electrons. The van der Waals surface area contributed by atoms with Crippen molar-refractivity contribution in [1.82, 2.24) is 9.29 Å². The molecule has 4 rings (SSSR count). The zero-order valence-electron chi connectivity index (χ0n) is 17.5. The van der Waals surface area contributed by atoms with Gasteiger partial charge in [-0.25, -0.2) is 17.8 Å². The quantitative estimate of drug-likeness (QED) is 0.484. The number of benzene rings is 2. The predicted molar refractivity (Wildman–Crippen MR) is 120 cm³/mol. The third-order valence-electron chi connectivity index (χ3n) is 5.47. The smallest absolute Gasteiger partial charge is 0.243 e. The van der Waals surface area contributed by atoms with Crippen LogP contribution in [0.4, 0.5) is 10.2 Å². The van der Waals surface area contributed by atoms with Gasteiger partial charge in [0.1, 0.15) is 11.6 Å². The summed E-state index contributed by atoms with van der Waals surface area (Å²) in [4.78, 5) is 19.4. The Morgan fingerprint density at radius 1 is 0.969 bits per heavy atom. The zero-order chi connectivity index (χ0) is 22.6. The Bertz CT molecular complexity index is 1160. The van der Waals surface area contributed by atoms with Crippen molar-refractivity contribution >= 4 is 21.6 Å². The first-order chi connectivity index (χ1) is 15.4. The van der Waals surface area contributed by atoms with E-state index in [1.54, 1.807) is 36.5 Å². The number of pyridine rings is 1. The van der Waals surface area contributed by atoms with Gasteiger partial charge >= 0.3 is 0 Å². The molecule has 2 heterocycles. The number of carbonyl (C=O) groups is 1. The van der Waals surface area contributed by atoms with E-state index < -0.39 is 10.0 Å². The number of Topliss-reactive ketones (excluding diaryl/α,β-unsaturated/α-hetero) is 1. The van der Waals surface area contributed by atoms with Gasteiger partial charge in [-0.2, -0.15) is 4.31 Å². The number of hydrogen-bond acceptors (Lipinski definition) is 5. The lowest BCUT2D eigenvalue weighted by atomic mass is 10.1. The molecule has 1 aromatic heterocycles. The average molecular weight is 454 g/mol. The third-order valence-corrected chi connectivity index (χ3v) is 7.39. The first-order valence-corrected chi connectivity index (χ1v) is 11.9. The number of carbonyl (C=O) groups excluding carboxylic acids is 1. The first-order valence-electron chi connectivity index (χ1n) is 10.5. The summed E-state index contributed by atoms with van der Waals surface area (Å²) in [6, 6.07) is 17.6. The van der Waals surface area contributed by atoms with Crippen LogP contribution < -0.4 is 4.90 Å². The van der Waals surface area contributed by atoms with Crippen LogP contribution >= 0.6 is 0 Å². The maximum Gasteiger partial charge on any atom is 0.243 e. The van der Waals surface area contributed by atoms with Crippen LogP contribution in [0.3, 0.4) is 0 Å². The minimum atomic E-state index is -3.52. The summed E-state index contributed by atoms with van der Waals surface area (Å²) in [5.41, 5.74) is 1.27. The highest BCUT2D eigenvalue weighted by Gasteiger charge is 2.27. The standard InChI is InChI=1S/C24H24FN3O3S/c25-21-10-6-19(7-11-21)17-27(24-5-1-2-14-26-24)18-23(29)20-8-12-22(13-9-20)32(30,31)28-15-3-4-16-28/h1-2,5-14H,3-4,15-18H2. The van der Waals surface area contributed by atoms with Gasteiger partial charge in [-0.1, -0.05) is 18.2 Å². The van der Waals surface area contributed by atoms with E-state index in [-0.39, 0.29) is 23.0 Å². The van der Waals surface area contributed by atoms with Crippen LogP contribution in [-0.2, 0) is 16.6 Å². The van der Waals surface area contributed by atoms with Gasteiger partial charge in [-0.15, -0.1) is 0 Å². The van der Waals surface area contributed by atoms with Crippen LogP contribution in [0, 0.1) is 5.82 Å². The van der Waals surface area contributed by atoms with Crippen molar-refractivity contribution in [2.24, 2.45) is 0 Å². The van der Waals surface area contributed by atoms with Crippen LogP contribution in [0.1, 0.15) is 28.8 Å². The molecule has 1 fully saturated rings. The summed E-state index contributed by atoms with van der Waals surface area (Å²) < 4.78 is 40.2. The highest BCUT2D eigenvalue weighted by Crippen LogP contribution is 2.22. The maximum atomic E-state index is 13.3. The van der Waals surface area contributed by atoms with Crippen molar-refractivity contribution in [2.75, 3.05) is 24.5 Å². The third kappa shape index (κ3) is 5.03. The lowest BCUT2D eigenvalue weighted by molar-refractivity contribution is 0.0998. The molecule has 3 aromatic rings. The lowest BCUT2D eigenvalue weighted by Gasteiger charge is -2.23. The maximum absolute atomic E-state index is 13.3. The summed E-state index contributed by atoms with van der Waals surface area (Å²) in [7, 11) is -3.52. The molecule has 166 valence electrons. The van der Waals surface area contributed by atoms with Crippen LogP contribution in [-0.4, -0.2) is 43.1 Å². The van der Waals surface area contributed by atoms with Crippen molar-refractivity contribution in [3.63, 3.8) is 0 Å². The Labute approximate surface area is 187 Å². The molecular formula is C24H24FN3O3S. The highest BCUT2D eigenvalue weighted by atomic mass is 32.2. The number of anilines is 1. The van der Waals surface area contributed by atoms with E-state index >= 15 is 0 Å². The van der Waals surface area contributed by atoms with Crippen LogP contribution in [0.25, 0.3) is 0 Å². The fraction of sp³-hybridized carbons (Fsp3) is 0.250. The second-order valence-corrected chi connectivity index (χ2v) is 9.67. The predicted octanol–water partition coefficient (Wildman–Crippen LogP) is 3.89. The van der Waals surface area contributed by atoms with E-state index in [9.17, 15) is 17.6 Å². The molecule has 0 atom stereocenters. The van der Waals surface area contributed by atoms with Crippen LogP contribution in [0.15, 0.2) is 77.8 Å². The van der Waals surface area contributed by atoms with Gasteiger partial charge in [0, 0.05) is 31.4 Å². The molecule has 2 aromatic carbocycles. The minimum Gasteiger partial charge on any atom is -0.345 e. The Morgan fingerprint density at radius 3 is 2.28 bits per heavy atom. The van der Waals surface area contributed by atoms with Gasteiger partial charge in [0.2, 0.25) is 10.0 Å². The Balaban J connectivity index is 1.52. The number of ketones is 1. The molecule has 8 heteroatoms. The molecule has 0 N–H and O–H groups in total.